The molecule has 2 amide bonds. The maximum Gasteiger partial charge on any atom is 0.418 e. The summed E-state index contributed by atoms with van der Waals surface area (Å²) in [6.07, 6.45) is -4.87. The molecule has 0 saturated carbocycles. The van der Waals surface area contributed by atoms with E-state index < -0.39 is 32.6 Å². The van der Waals surface area contributed by atoms with Crippen molar-refractivity contribution in [3.8, 4) is 16.9 Å². The van der Waals surface area contributed by atoms with Gasteiger partial charge < -0.3 is 20.2 Å². The highest BCUT2D eigenvalue weighted by molar-refractivity contribution is 7.99. The zero-order valence-electron chi connectivity index (χ0n) is 28.9. The van der Waals surface area contributed by atoms with Crippen LogP contribution in [-0.4, -0.2) is 78.9 Å². The number of amides is 2. The predicted octanol–water partition coefficient (Wildman–Crippen LogP) is 6.46. The van der Waals surface area contributed by atoms with E-state index in [1.165, 1.54) is 23.9 Å². The molecule has 0 unspecified atom stereocenters. The van der Waals surface area contributed by atoms with Gasteiger partial charge >= 0.3 is 6.18 Å². The van der Waals surface area contributed by atoms with Crippen molar-refractivity contribution in [1.29, 1.82) is 0 Å². The molecule has 4 aromatic carbocycles. The molecule has 3 N–H and O–H groups in total. The molecule has 0 atom stereocenters. The number of carbonyl (C=O) groups excluding carboxylic acids is 2. The lowest BCUT2D eigenvalue weighted by atomic mass is 9.98. The van der Waals surface area contributed by atoms with Gasteiger partial charge in [0.15, 0.2) is 11.5 Å². The van der Waals surface area contributed by atoms with Crippen LogP contribution in [-0.2, 0) is 16.2 Å². The highest BCUT2D eigenvalue weighted by Gasteiger charge is 2.35. The Bertz CT molecular complexity index is 2250. The largest absolute Gasteiger partial charge is 0.508 e. The first-order chi connectivity index (χ1) is 25.8. The molecule has 1 aromatic heterocycles. The van der Waals surface area contributed by atoms with Crippen molar-refractivity contribution in [3.05, 3.63) is 126 Å². The van der Waals surface area contributed by atoms with Crippen molar-refractivity contribution in [2.24, 2.45) is 0 Å². The SMILES string of the molecule is Cc1cc(C(=O)N2CCN(c3ccc(C(=O)NS(=O)(=O)c4ccc(NCCSc5ccccc5)c(C(F)(F)F)c4)nn3)CC2)ccc1-c1cccc(O)c1. The number of alkyl halides is 3. The van der Waals surface area contributed by atoms with Crippen LogP contribution in [0.15, 0.2) is 113 Å². The summed E-state index contributed by atoms with van der Waals surface area (Å²) in [5.74, 6) is -0.282. The molecule has 1 saturated heterocycles. The Balaban J connectivity index is 1.04. The Hall–Kier alpha value is -5.61. The molecular formula is C38H35F3N6O5S2. The highest BCUT2D eigenvalue weighted by atomic mass is 32.2. The quantitative estimate of drug-likeness (QED) is 0.101. The number of sulfonamides is 1. The summed E-state index contributed by atoms with van der Waals surface area (Å²) in [5, 5.41) is 20.5. The Morgan fingerprint density at radius 1 is 0.870 bits per heavy atom. The number of nitrogens with one attached hydrogen (secondary N) is 2. The van der Waals surface area contributed by atoms with Gasteiger partial charge in [-0.3, -0.25) is 9.59 Å². The molecule has 0 bridgehead atoms. The van der Waals surface area contributed by atoms with Gasteiger partial charge in [-0.2, -0.15) is 13.2 Å². The zero-order chi connectivity index (χ0) is 38.5. The third kappa shape index (κ3) is 9.12. The molecule has 0 aliphatic carbocycles. The number of anilines is 2. The molecule has 16 heteroatoms. The van der Waals surface area contributed by atoms with Crippen LogP contribution in [0, 0.1) is 6.92 Å². The first-order valence-electron chi connectivity index (χ1n) is 16.8. The molecule has 6 rings (SSSR count). The molecule has 1 aliphatic rings. The van der Waals surface area contributed by atoms with E-state index in [9.17, 15) is 36.3 Å². The second-order valence-corrected chi connectivity index (χ2v) is 15.2. The lowest BCUT2D eigenvalue weighted by Crippen LogP contribution is -2.49. The minimum atomic E-state index is -4.87. The van der Waals surface area contributed by atoms with Crippen molar-refractivity contribution in [2.45, 2.75) is 22.9 Å². The van der Waals surface area contributed by atoms with E-state index in [0.717, 1.165) is 33.7 Å². The summed E-state index contributed by atoms with van der Waals surface area (Å²) in [6, 6.07) is 26.9. The number of thioether (sulfide) groups is 1. The van der Waals surface area contributed by atoms with Gasteiger partial charge in [0.2, 0.25) is 0 Å². The minimum absolute atomic E-state index is 0.134. The standard InChI is InChI=1S/C38H35F3N6O5S2/c1-25-22-27(10-12-31(25)26-6-5-7-28(48)23-26)37(50)47-19-17-46(18-20-47)35-15-14-34(43-44-35)36(49)45-54(51,52)30-11-13-33(32(24-30)38(39,40)41)42-16-21-53-29-8-3-2-4-9-29/h2-15,22-24,42,48H,16-21H2,1H3,(H,45,49). The van der Waals surface area contributed by atoms with Crippen molar-refractivity contribution >= 4 is 45.1 Å². The van der Waals surface area contributed by atoms with Crippen LogP contribution in [0.4, 0.5) is 24.7 Å². The van der Waals surface area contributed by atoms with Crippen molar-refractivity contribution in [3.63, 3.8) is 0 Å². The van der Waals surface area contributed by atoms with E-state index in [4.69, 9.17) is 0 Å². The molecule has 1 aliphatic heterocycles. The molecule has 5 aromatic rings. The molecular weight excluding hydrogens is 742 g/mol. The number of halogens is 3. The topological polar surface area (TPSA) is 145 Å². The number of hydrogen-bond acceptors (Lipinski definition) is 10. The number of phenolic OH excluding ortho intramolecular Hbond substituents is 1. The fourth-order valence-corrected chi connectivity index (χ4v) is 7.69. The Labute approximate surface area is 314 Å². The lowest BCUT2D eigenvalue weighted by Gasteiger charge is -2.35. The van der Waals surface area contributed by atoms with Crippen LogP contribution in [0.25, 0.3) is 11.1 Å². The number of aromatic nitrogens is 2. The number of aromatic hydroxyl groups is 1. The first-order valence-corrected chi connectivity index (χ1v) is 19.2. The normalized spacial score (nSPS) is 13.4. The highest BCUT2D eigenvalue weighted by Crippen LogP contribution is 2.36. The van der Waals surface area contributed by atoms with E-state index in [-0.39, 0.29) is 29.6 Å². The second-order valence-electron chi connectivity index (χ2n) is 12.4. The summed E-state index contributed by atoms with van der Waals surface area (Å²) in [6.45, 7) is 3.69. The maximum absolute atomic E-state index is 14.0. The molecule has 1 fully saturated rings. The summed E-state index contributed by atoms with van der Waals surface area (Å²) in [5.41, 5.74) is 1.34. The van der Waals surface area contributed by atoms with Gasteiger partial charge in [0, 0.05) is 54.6 Å². The number of rotatable bonds is 11. The van der Waals surface area contributed by atoms with E-state index in [2.05, 4.69) is 15.5 Å². The third-order valence-corrected chi connectivity index (χ3v) is 11.0. The van der Waals surface area contributed by atoms with Gasteiger partial charge in [0.1, 0.15) is 5.75 Å². The van der Waals surface area contributed by atoms with Crippen molar-refractivity contribution < 1.29 is 36.3 Å². The maximum atomic E-state index is 14.0. The summed E-state index contributed by atoms with van der Waals surface area (Å²) >= 11 is 1.45. The Morgan fingerprint density at radius 3 is 2.30 bits per heavy atom. The Morgan fingerprint density at radius 2 is 1.63 bits per heavy atom. The monoisotopic (exact) mass is 776 g/mol. The van der Waals surface area contributed by atoms with E-state index in [0.29, 0.717) is 49.4 Å². The molecule has 11 nitrogen and oxygen atoms in total. The first kappa shape index (κ1) is 38.1. The summed E-state index contributed by atoms with van der Waals surface area (Å²) in [7, 11) is -4.71. The molecule has 280 valence electrons. The molecule has 54 heavy (non-hydrogen) atoms. The smallest absolute Gasteiger partial charge is 0.418 e. The van der Waals surface area contributed by atoms with E-state index in [1.54, 1.807) is 33.9 Å². The van der Waals surface area contributed by atoms with Crippen molar-refractivity contribution in [1.82, 2.24) is 19.8 Å². The summed E-state index contributed by atoms with van der Waals surface area (Å²) in [4.78, 5) is 30.0. The third-order valence-electron chi connectivity index (χ3n) is 8.67. The average Bonchev–Trinajstić information content (AvgIpc) is 3.16. The number of carbonyl (C=O) groups is 2. The fraction of sp³-hybridized carbons (Fsp3) is 0.211. The summed E-state index contributed by atoms with van der Waals surface area (Å²) < 4.78 is 69.7. The van der Waals surface area contributed by atoms with Crippen LogP contribution in [0.3, 0.4) is 0 Å². The number of aryl methyl sites for hydroxylation is 1. The number of hydrogen-bond donors (Lipinski definition) is 3. The fourth-order valence-electron chi connectivity index (χ4n) is 5.91. The van der Waals surface area contributed by atoms with Crippen molar-refractivity contribution in [2.75, 3.05) is 48.7 Å². The number of benzene rings is 4. The number of phenols is 1. The molecule has 2 heterocycles. The van der Waals surface area contributed by atoms with Crippen LogP contribution >= 0.6 is 11.8 Å². The van der Waals surface area contributed by atoms with E-state index >= 15 is 0 Å². The number of piperazine rings is 1. The van der Waals surface area contributed by atoms with Crippen LogP contribution in [0.2, 0.25) is 0 Å². The van der Waals surface area contributed by atoms with E-state index in [1.807, 2.05) is 60.4 Å². The van der Waals surface area contributed by atoms with Crippen LogP contribution < -0.4 is 14.9 Å². The van der Waals surface area contributed by atoms with Gasteiger partial charge in [0.25, 0.3) is 21.8 Å². The zero-order valence-corrected chi connectivity index (χ0v) is 30.5. The minimum Gasteiger partial charge on any atom is -0.508 e. The van der Waals surface area contributed by atoms with Gasteiger partial charge in [-0.25, -0.2) is 13.1 Å². The van der Waals surface area contributed by atoms with Crippen LogP contribution in [0.5, 0.6) is 5.75 Å². The van der Waals surface area contributed by atoms with Crippen LogP contribution in [0.1, 0.15) is 32.0 Å². The average molecular weight is 777 g/mol. The second kappa shape index (κ2) is 16.2. The molecule has 0 radical (unpaired) electrons. The molecule has 0 spiro atoms. The van der Waals surface area contributed by atoms with Gasteiger partial charge in [-0.05, 0) is 90.3 Å². The number of nitrogens with zero attached hydrogens (tertiary/aromatic N) is 4. The Kier molecular flexibility index (Phi) is 11.4. The predicted molar refractivity (Wildman–Crippen MR) is 200 cm³/mol. The van der Waals surface area contributed by atoms with Gasteiger partial charge in [-0.1, -0.05) is 36.4 Å². The lowest BCUT2D eigenvalue weighted by molar-refractivity contribution is -0.137. The van der Waals surface area contributed by atoms with Gasteiger partial charge in [0.05, 0.1) is 10.5 Å². The van der Waals surface area contributed by atoms with Gasteiger partial charge in [-0.15, -0.1) is 22.0 Å².